The fourth-order valence-electron chi connectivity index (χ4n) is 5.40. The molecule has 3 atom stereocenters. The summed E-state index contributed by atoms with van der Waals surface area (Å²) in [6.45, 7) is 5.19. The molecule has 4 rings (SSSR count). The van der Waals surface area contributed by atoms with Crippen molar-refractivity contribution in [1.29, 1.82) is 0 Å². The molecule has 5 heteroatoms. The van der Waals surface area contributed by atoms with Crippen molar-refractivity contribution in [2.45, 2.75) is 56.9 Å². The molecule has 0 aliphatic heterocycles. The fourth-order valence-corrected chi connectivity index (χ4v) is 5.40. The van der Waals surface area contributed by atoms with E-state index in [4.69, 9.17) is 0 Å². The number of allylic oxidation sites excluding steroid dienone is 1. The lowest BCUT2D eigenvalue weighted by molar-refractivity contribution is -0.137. The Morgan fingerprint density at radius 2 is 1.37 bits per heavy atom. The lowest BCUT2D eigenvalue weighted by Crippen LogP contribution is -2.42. The molecule has 1 fully saturated rings. The van der Waals surface area contributed by atoms with Crippen molar-refractivity contribution < 1.29 is 18.3 Å². The van der Waals surface area contributed by atoms with E-state index in [1.807, 2.05) is 36.4 Å². The largest absolute Gasteiger partial charge is 0.513 e. The zero-order chi connectivity index (χ0) is 24.8. The molecule has 184 valence electrons. The average Bonchev–Trinajstić information content (AvgIpc) is 2.84. The fraction of sp³-hybridized carbons (Fsp3) is 0.333. The molecule has 0 heterocycles. The summed E-state index contributed by atoms with van der Waals surface area (Å²) < 4.78 is 39.6. The van der Waals surface area contributed by atoms with Gasteiger partial charge in [0.15, 0.2) is 0 Å². The Bertz CT molecular complexity index is 1040. The Labute approximate surface area is 205 Å². The molecule has 1 saturated carbocycles. The highest BCUT2D eigenvalue weighted by Gasteiger charge is 2.36. The minimum absolute atomic E-state index is 0.0582. The van der Waals surface area contributed by atoms with E-state index in [0.717, 1.165) is 37.9 Å². The minimum atomic E-state index is -4.35. The Hall–Kier alpha value is -3.05. The Morgan fingerprint density at radius 1 is 0.829 bits per heavy atom. The summed E-state index contributed by atoms with van der Waals surface area (Å²) in [5.74, 6) is 0.485. The highest BCUT2D eigenvalue weighted by atomic mass is 19.4. The maximum atomic E-state index is 13.2. The van der Waals surface area contributed by atoms with Crippen molar-refractivity contribution in [2.75, 3.05) is 0 Å². The van der Waals surface area contributed by atoms with E-state index in [1.165, 1.54) is 23.3 Å². The van der Waals surface area contributed by atoms with Gasteiger partial charge in [0.1, 0.15) is 0 Å². The second kappa shape index (κ2) is 11.1. The number of aliphatic hydroxyl groups is 1. The van der Waals surface area contributed by atoms with Crippen molar-refractivity contribution in [3.8, 4) is 0 Å². The summed E-state index contributed by atoms with van der Waals surface area (Å²) >= 11 is 0. The van der Waals surface area contributed by atoms with E-state index in [2.05, 4.69) is 35.7 Å². The van der Waals surface area contributed by atoms with Gasteiger partial charge in [0, 0.05) is 25.6 Å². The van der Waals surface area contributed by atoms with Gasteiger partial charge in [-0.15, -0.1) is 0 Å². The van der Waals surface area contributed by atoms with Crippen LogP contribution in [0.15, 0.2) is 97.3 Å². The number of benzene rings is 3. The van der Waals surface area contributed by atoms with Crippen molar-refractivity contribution in [3.05, 3.63) is 120 Å². The summed E-state index contributed by atoms with van der Waals surface area (Å²) in [6.07, 6.45) is -1.17. The molecular weight excluding hydrogens is 447 g/mol. The second-order valence-electron chi connectivity index (χ2n) is 9.62. The molecule has 1 aliphatic rings. The molecule has 2 nitrogen and oxygen atoms in total. The van der Waals surface area contributed by atoms with Crippen LogP contribution in [-0.2, 0) is 19.3 Å². The van der Waals surface area contributed by atoms with E-state index < -0.39 is 11.7 Å². The summed E-state index contributed by atoms with van der Waals surface area (Å²) in [6, 6.07) is 26.4. The number of aliphatic hydroxyl groups excluding tert-OH is 1. The Kier molecular flexibility index (Phi) is 7.97. The average molecular weight is 480 g/mol. The Balaban J connectivity index is 1.67. The number of nitrogens with zero attached hydrogens (tertiary/aromatic N) is 1. The standard InChI is InChI=1S/C30H32F3NO/c1-22(35)18-25-12-17-29(28(19-25)26-13-15-27(16-14-26)30(31,32)33)34(20-23-8-4-2-5-9-23)21-24-10-6-3-7-11-24/h2-11,13-16,25,28-29,35H,1,12,17-21H2/t25-,28-,29+/m0/s1. The summed E-state index contributed by atoms with van der Waals surface area (Å²) in [5, 5.41) is 9.82. The van der Waals surface area contributed by atoms with Gasteiger partial charge in [-0.05, 0) is 59.9 Å². The molecular formula is C30H32F3NO. The number of hydrogen-bond donors (Lipinski definition) is 1. The van der Waals surface area contributed by atoms with Crippen LogP contribution in [-0.4, -0.2) is 16.0 Å². The predicted molar refractivity (Wildman–Crippen MR) is 134 cm³/mol. The molecule has 0 unspecified atom stereocenters. The van der Waals surface area contributed by atoms with Gasteiger partial charge < -0.3 is 5.11 Å². The highest BCUT2D eigenvalue weighted by molar-refractivity contribution is 5.29. The van der Waals surface area contributed by atoms with Crippen LogP contribution in [0.5, 0.6) is 0 Å². The van der Waals surface area contributed by atoms with Gasteiger partial charge in [0.05, 0.1) is 11.3 Å². The van der Waals surface area contributed by atoms with Gasteiger partial charge in [0.2, 0.25) is 0 Å². The minimum Gasteiger partial charge on any atom is -0.513 e. The summed E-state index contributed by atoms with van der Waals surface area (Å²) in [4.78, 5) is 2.47. The molecule has 35 heavy (non-hydrogen) atoms. The summed E-state index contributed by atoms with van der Waals surface area (Å²) in [5.41, 5.74) is 2.71. The van der Waals surface area contributed by atoms with Gasteiger partial charge in [-0.1, -0.05) is 79.4 Å². The first-order chi connectivity index (χ1) is 16.8. The zero-order valence-electron chi connectivity index (χ0n) is 19.8. The molecule has 3 aromatic carbocycles. The van der Waals surface area contributed by atoms with Crippen LogP contribution in [0.25, 0.3) is 0 Å². The van der Waals surface area contributed by atoms with Crippen molar-refractivity contribution in [2.24, 2.45) is 5.92 Å². The monoisotopic (exact) mass is 479 g/mol. The number of halogens is 3. The van der Waals surface area contributed by atoms with Crippen LogP contribution in [0.3, 0.4) is 0 Å². The maximum Gasteiger partial charge on any atom is 0.416 e. The number of alkyl halides is 3. The first-order valence-corrected chi connectivity index (χ1v) is 12.2. The lowest BCUT2D eigenvalue weighted by atomic mass is 9.72. The number of hydrogen-bond acceptors (Lipinski definition) is 2. The molecule has 3 aromatic rings. The van der Waals surface area contributed by atoms with E-state index in [-0.39, 0.29) is 23.6 Å². The highest BCUT2D eigenvalue weighted by Crippen LogP contribution is 2.42. The lowest BCUT2D eigenvalue weighted by Gasteiger charge is -2.43. The zero-order valence-corrected chi connectivity index (χ0v) is 19.8. The molecule has 0 aromatic heterocycles. The van der Waals surface area contributed by atoms with E-state index in [1.54, 1.807) is 12.1 Å². The Morgan fingerprint density at radius 3 is 1.86 bits per heavy atom. The summed E-state index contributed by atoms with van der Waals surface area (Å²) in [7, 11) is 0. The molecule has 0 radical (unpaired) electrons. The van der Waals surface area contributed by atoms with Gasteiger partial charge in [0.25, 0.3) is 0 Å². The second-order valence-corrected chi connectivity index (χ2v) is 9.62. The third-order valence-electron chi connectivity index (χ3n) is 7.04. The molecule has 1 aliphatic carbocycles. The normalized spacial score (nSPS) is 20.6. The number of rotatable bonds is 8. The molecule has 0 amide bonds. The van der Waals surface area contributed by atoms with Crippen molar-refractivity contribution >= 4 is 0 Å². The molecule has 0 bridgehead atoms. The van der Waals surface area contributed by atoms with E-state index >= 15 is 0 Å². The third-order valence-corrected chi connectivity index (χ3v) is 7.04. The predicted octanol–water partition coefficient (Wildman–Crippen LogP) is 8.12. The van der Waals surface area contributed by atoms with Gasteiger partial charge in [-0.3, -0.25) is 4.90 Å². The maximum absolute atomic E-state index is 13.2. The first-order valence-electron chi connectivity index (χ1n) is 12.2. The smallest absolute Gasteiger partial charge is 0.416 e. The van der Waals surface area contributed by atoms with Crippen LogP contribution < -0.4 is 0 Å². The first kappa shape index (κ1) is 25.1. The molecule has 0 saturated heterocycles. The van der Waals surface area contributed by atoms with Crippen LogP contribution in [0.4, 0.5) is 13.2 Å². The van der Waals surface area contributed by atoms with Gasteiger partial charge in [-0.25, -0.2) is 0 Å². The van der Waals surface area contributed by atoms with Crippen LogP contribution in [0, 0.1) is 5.92 Å². The van der Waals surface area contributed by atoms with Crippen LogP contribution in [0.1, 0.15) is 53.9 Å². The molecule has 0 spiro atoms. The van der Waals surface area contributed by atoms with Crippen LogP contribution >= 0.6 is 0 Å². The topological polar surface area (TPSA) is 23.5 Å². The van der Waals surface area contributed by atoms with Crippen molar-refractivity contribution in [3.63, 3.8) is 0 Å². The van der Waals surface area contributed by atoms with E-state index in [0.29, 0.717) is 6.42 Å². The van der Waals surface area contributed by atoms with Gasteiger partial charge >= 0.3 is 6.18 Å². The SMILES string of the molecule is C=C(O)C[C@@H]1CC[C@@H](N(Cc2ccccc2)Cc2ccccc2)[C@H](c2ccc(C(F)(F)F)cc2)C1. The van der Waals surface area contributed by atoms with Gasteiger partial charge in [-0.2, -0.15) is 13.2 Å². The third kappa shape index (κ3) is 6.76. The molecule has 1 N–H and O–H groups in total. The van der Waals surface area contributed by atoms with E-state index in [9.17, 15) is 18.3 Å². The van der Waals surface area contributed by atoms with Crippen molar-refractivity contribution in [1.82, 2.24) is 4.90 Å². The quantitative estimate of drug-likeness (QED) is 0.330. The van der Waals surface area contributed by atoms with Crippen LogP contribution in [0.2, 0.25) is 0 Å².